The van der Waals surface area contributed by atoms with Crippen LogP contribution in [0.2, 0.25) is 0 Å². The number of benzene rings is 1. The highest BCUT2D eigenvalue weighted by molar-refractivity contribution is 5.93. The van der Waals surface area contributed by atoms with Crippen LogP contribution in [0.25, 0.3) is 0 Å². The average molecular weight is 274 g/mol. The third-order valence-corrected chi connectivity index (χ3v) is 3.47. The lowest BCUT2D eigenvalue weighted by Crippen LogP contribution is -2.35. The molecule has 20 heavy (non-hydrogen) atoms. The van der Waals surface area contributed by atoms with Gasteiger partial charge in [-0.25, -0.2) is 13.8 Å². The van der Waals surface area contributed by atoms with E-state index in [1.165, 1.54) is 30.5 Å². The van der Waals surface area contributed by atoms with E-state index in [0.717, 1.165) is 18.4 Å². The van der Waals surface area contributed by atoms with Crippen LogP contribution < -0.4 is 5.32 Å². The molecule has 0 aliphatic heterocycles. The molecular formula is C15H12F2N2O. The number of carbonyl (C=O) groups is 1. The largest absolute Gasteiger partial charge is 0.341 e. The monoisotopic (exact) mass is 274 g/mol. The number of nitrogens with zero attached hydrogens (tertiary/aromatic N) is 1. The summed E-state index contributed by atoms with van der Waals surface area (Å²) < 4.78 is 26.4. The van der Waals surface area contributed by atoms with E-state index in [0.29, 0.717) is 0 Å². The van der Waals surface area contributed by atoms with Crippen LogP contribution in [0.1, 0.15) is 28.9 Å². The lowest BCUT2D eigenvalue weighted by atomic mass is 10.0. The predicted molar refractivity (Wildman–Crippen MR) is 69.0 cm³/mol. The summed E-state index contributed by atoms with van der Waals surface area (Å²) in [5.74, 6) is -1.53. The normalized spacial score (nSPS) is 15.7. The number of hydrogen-bond acceptors (Lipinski definition) is 2. The third-order valence-electron chi connectivity index (χ3n) is 3.47. The first-order valence-corrected chi connectivity index (χ1v) is 6.30. The van der Waals surface area contributed by atoms with Gasteiger partial charge in [0.25, 0.3) is 5.91 Å². The van der Waals surface area contributed by atoms with Crippen molar-refractivity contribution in [1.82, 2.24) is 10.3 Å². The number of nitrogens with one attached hydrogen (secondary N) is 1. The first kappa shape index (κ1) is 12.7. The fraction of sp³-hybridized carbons (Fsp3) is 0.200. The zero-order chi connectivity index (χ0) is 14.2. The zero-order valence-corrected chi connectivity index (χ0v) is 10.6. The van der Waals surface area contributed by atoms with E-state index in [1.54, 1.807) is 12.1 Å². The van der Waals surface area contributed by atoms with Crippen LogP contribution in [0.4, 0.5) is 8.78 Å². The molecule has 102 valence electrons. The quantitative estimate of drug-likeness (QED) is 0.935. The van der Waals surface area contributed by atoms with Crippen LogP contribution in [0, 0.1) is 11.6 Å². The molecule has 3 nitrogen and oxygen atoms in total. The second-order valence-electron chi connectivity index (χ2n) is 4.88. The van der Waals surface area contributed by atoms with Crippen LogP contribution in [-0.2, 0) is 5.54 Å². The Kier molecular flexibility index (Phi) is 2.97. The van der Waals surface area contributed by atoms with E-state index < -0.39 is 17.3 Å². The number of aromatic nitrogens is 1. The number of pyridine rings is 1. The van der Waals surface area contributed by atoms with Crippen molar-refractivity contribution in [2.24, 2.45) is 0 Å². The summed E-state index contributed by atoms with van der Waals surface area (Å²) in [6.45, 7) is 0. The number of halogens is 2. The molecule has 1 N–H and O–H groups in total. The molecule has 3 rings (SSSR count). The molecule has 1 fully saturated rings. The van der Waals surface area contributed by atoms with Gasteiger partial charge in [0.05, 0.1) is 5.54 Å². The average Bonchev–Trinajstić information content (AvgIpc) is 3.20. The SMILES string of the molecule is O=C(NC1(c2ccc(F)cc2)CC1)c1ncccc1F. The van der Waals surface area contributed by atoms with Crippen molar-refractivity contribution in [3.05, 3.63) is 65.5 Å². The van der Waals surface area contributed by atoms with E-state index >= 15 is 0 Å². The van der Waals surface area contributed by atoms with Gasteiger partial charge in [0.1, 0.15) is 5.82 Å². The lowest BCUT2D eigenvalue weighted by Gasteiger charge is -2.17. The molecule has 0 radical (unpaired) electrons. The lowest BCUT2D eigenvalue weighted by molar-refractivity contribution is 0.0921. The second-order valence-corrected chi connectivity index (χ2v) is 4.88. The van der Waals surface area contributed by atoms with Crippen molar-refractivity contribution in [3.8, 4) is 0 Å². The van der Waals surface area contributed by atoms with E-state index in [9.17, 15) is 13.6 Å². The van der Waals surface area contributed by atoms with Crippen molar-refractivity contribution in [1.29, 1.82) is 0 Å². The Balaban J connectivity index is 1.82. The molecule has 1 aromatic carbocycles. The Morgan fingerprint density at radius 1 is 1.15 bits per heavy atom. The van der Waals surface area contributed by atoms with Gasteiger partial charge in [-0.1, -0.05) is 12.1 Å². The smallest absolute Gasteiger partial charge is 0.273 e. The van der Waals surface area contributed by atoms with Gasteiger partial charge < -0.3 is 5.32 Å². The molecule has 0 unspecified atom stereocenters. The van der Waals surface area contributed by atoms with Crippen molar-refractivity contribution in [2.45, 2.75) is 18.4 Å². The zero-order valence-electron chi connectivity index (χ0n) is 10.6. The Morgan fingerprint density at radius 2 is 1.85 bits per heavy atom. The molecule has 0 spiro atoms. The highest BCUT2D eigenvalue weighted by atomic mass is 19.1. The molecule has 1 aliphatic rings. The molecule has 2 aromatic rings. The first-order valence-electron chi connectivity index (χ1n) is 6.30. The van der Waals surface area contributed by atoms with E-state index in [4.69, 9.17) is 0 Å². The van der Waals surface area contributed by atoms with Gasteiger partial charge in [-0.3, -0.25) is 4.79 Å². The minimum absolute atomic E-state index is 0.221. The van der Waals surface area contributed by atoms with Gasteiger partial charge in [-0.15, -0.1) is 0 Å². The molecule has 1 aromatic heterocycles. The minimum atomic E-state index is -0.653. The maximum atomic E-state index is 13.5. The molecule has 1 amide bonds. The highest BCUT2D eigenvalue weighted by Gasteiger charge is 2.46. The second kappa shape index (κ2) is 4.67. The molecule has 0 saturated heterocycles. The van der Waals surface area contributed by atoms with Gasteiger partial charge >= 0.3 is 0 Å². The molecule has 5 heteroatoms. The van der Waals surface area contributed by atoms with Crippen molar-refractivity contribution in [3.63, 3.8) is 0 Å². The summed E-state index contributed by atoms with van der Waals surface area (Å²) in [7, 11) is 0. The number of rotatable bonds is 3. The summed E-state index contributed by atoms with van der Waals surface area (Å²) in [5.41, 5.74) is 0.0823. The highest BCUT2D eigenvalue weighted by Crippen LogP contribution is 2.45. The Bertz CT molecular complexity index is 651. The fourth-order valence-electron chi connectivity index (χ4n) is 2.21. The molecule has 0 atom stereocenters. The van der Waals surface area contributed by atoms with Gasteiger partial charge in [0, 0.05) is 6.20 Å². The Labute approximate surface area is 114 Å². The van der Waals surface area contributed by atoms with Gasteiger partial charge in [-0.05, 0) is 42.7 Å². The van der Waals surface area contributed by atoms with E-state index in [-0.39, 0.29) is 11.5 Å². The third kappa shape index (κ3) is 2.27. The van der Waals surface area contributed by atoms with Gasteiger partial charge in [-0.2, -0.15) is 0 Å². The van der Waals surface area contributed by atoms with Gasteiger partial charge in [0.2, 0.25) is 0 Å². The topological polar surface area (TPSA) is 42.0 Å². The molecule has 0 bridgehead atoms. The number of hydrogen-bond donors (Lipinski definition) is 1. The molecule has 1 heterocycles. The van der Waals surface area contributed by atoms with E-state index in [1.807, 2.05) is 0 Å². The predicted octanol–water partition coefficient (Wildman–Crippen LogP) is 2.78. The summed E-state index contributed by atoms with van der Waals surface area (Å²) in [4.78, 5) is 15.8. The van der Waals surface area contributed by atoms with Crippen molar-refractivity contribution in [2.75, 3.05) is 0 Å². The van der Waals surface area contributed by atoms with Crippen LogP contribution >= 0.6 is 0 Å². The van der Waals surface area contributed by atoms with Crippen LogP contribution in [-0.4, -0.2) is 10.9 Å². The molecule has 1 saturated carbocycles. The minimum Gasteiger partial charge on any atom is -0.341 e. The van der Waals surface area contributed by atoms with Crippen LogP contribution in [0.3, 0.4) is 0 Å². The Hall–Kier alpha value is -2.30. The van der Waals surface area contributed by atoms with Crippen LogP contribution in [0.15, 0.2) is 42.6 Å². The summed E-state index contributed by atoms with van der Waals surface area (Å²) in [6.07, 6.45) is 2.87. The molecule has 1 aliphatic carbocycles. The van der Waals surface area contributed by atoms with Crippen LogP contribution in [0.5, 0.6) is 0 Å². The number of amides is 1. The Morgan fingerprint density at radius 3 is 2.45 bits per heavy atom. The van der Waals surface area contributed by atoms with Crippen molar-refractivity contribution < 1.29 is 13.6 Å². The maximum absolute atomic E-state index is 13.5. The van der Waals surface area contributed by atoms with E-state index in [2.05, 4.69) is 10.3 Å². The number of carbonyl (C=O) groups excluding carboxylic acids is 1. The standard InChI is InChI=1S/C15H12F2N2O/c16-11-5-3-10(4-6-11)15(7-8-15)19-14(20)13-12(17)2-1-9-18-13/h1-6,9H,7-8H2,(H,19,20). The summed E-state index contributed by atoms with van der Waals surface area (Å²) in [6, 6.07) is 8.60. The first-order chi connectivity index (χ1) is 9.61. The molecular weight excluding hydrogens is 262 g/mol. The summed E-state index contributed by atoms with van der Waals surface area (Å²) >= 11 is 0. The maximum Gasteiger partial charge on any atom is 0.273 e. The van der Waals surface area contributed by atoms with Gasteiger partial charge in [0.15, 0.2) is 11.5 Å². The van der Waals surface area contributed by atoms with Crippen molar-refractivity contribution >= 4 is 5.91 Å². The fourth-order valence-corrected chi connectivity index (χ4v) is 2.21. The summed E-state index contributed by atoms with van der Waals surface area (Å²) in [5, 5.41) is 2.80.